The smallest absolute Gasteiger partial charge is 0.248 e. The summed E-state index contributed by atoms with van der Waals surface area (Å²) >= 11 is 5.97. The van der Waals surface area contributed by atoms with Gasteiger partial charge in [-0.1, -0.05) is 11.6 Å². The minimum absolute atomic E-state index is 0.163. The predicted molar refractivity (Wildman–Crippen MR) is 73.7 cm³/mol. The van der Waals surface area contributed by atoms with E-state index in [1.54, 1.807) is 0 Å². The topological polar surface area (TPSA) is 55.1 Å². The van der Waals surface area contributed by atoms with Gasteiger partial charge < -0.3 is 11.1 Å². The number of benzene rings is 2. The zero-order valence-electron chi connectivity index (χ0n) is 10.3. The Morgan fingerprint density at radius 3 is 2.40 bits per heavy atom. The Hall–Kier alpha value is -2.14. The lowest BCUT2D eigenvalue weighted by Gasteiger charge is -2.10. The van der Waals surface area contributed by atoms with E-state index >= 15 is 0 Å². The largest absolute Gasteiger partial charge is 0.380 e. The van der Waals surface area contributed by atoms with E-state index in [4.69, 9.17) is 17.3 Å². The average Bonchev–Trinajstić information content (AvgIpc) is 2.36. The molecule has 0 bridgehead atoms. The van der Waals surface area contributed by atoms with Crippen molar-refractivity contribution in [3.8, 4) is 0 Å². The molecule has 0 radical (unpaired) electrons. The molecule has 3 nitrogen and oxygen atoms in total. The van der Waals surface area contributed by atoms with Crippen LogP contribution in [0, 0.1) is 11.6 Å². The molecule has 2 aromatic carbocycles. The zero-order valence-corrected chi connectivity index (χ0v) is 11.0. The number of halogens is 3. The molecule has 1 amide bonds. The van der Waals surface area contributed by atoms with E-state index in [1.165, 1.54) is 30.3 Å². The molecule has 0 unspecified atom stereocenters. The molecule has 0 heterocycles. The molecule has 20 heavy (non-hydrogen) atoms. The highest BCUT2D eigenvalue weighted by Crippen LogP contribution is 2.23. The summed E-state index contributed by atoms with van der Waals surface area (Å²) in [6.07, 6.45) is 0. The number of primary amides is 1. The van der Waals surface area contributed by atoms with Crippen LogP contribution in [0.2, 0.25) is 5.02 Å². The molecule has 0 aliphatic heterocycles. The van der Waals surface area contributed by atoms with Crippen molar-refractivity contribution in [1.29, 1.82) is 0 Å². The Balaban J connectivity index is 2.18. The van der Waals surface area contributed by atoms with Gasteiger partial charge in [0.25, 0.3) is 0 Å². The molecule has 0 spiro atoms. The lowest BCUT2D eigenvalue weighted by Crippen LogP contribution is -2.11. The fourth-order valence-electron chi connectivity index (χ4n) is 1.72. The lowest BCUT2D eigenvalue weighted by atomic mass is 10.1. The maximum absolute atomic E-state index is 13.0. The fraction of sp³-hybridized carbons (Fsp3) is 0.0714. The van der Waals surface area contributed by atoms with Gasteiger partial charge in [0.15, 0.2) is 0 Å². The first-order chi connectivity index (χ1) is 9.45. The van der Waals surface area contributed by atoms with E-state index in [9.17, 15) is 13.6 Å². The summed E-state index contributed by atoms with van der Waals surface area (Å²) in [5.74, 6) is -1.89. The molecule has 0 aliphatic carbocycles. The summed E-state index contributed by atoms with van der Waals surface area (Å²) in [5, 5.41) is 3.29. The highest BCUT2D eigenvalue weighted by atomic mass is 35.5. The van der Waals surface area contributed by atoms with Crippen LogP contribution in [0.25, 0.3) is 0 Å². The molecule has 0 aromatic heterocycles. The molecule has 0 saturated carbocycles. The number of nitrogens with two attached hydrogens (primary N) is 1. The summed E-state index contributed by atoms with van der Waals surface area (Å²) in [4.78, 5) is 11.1. The molecular weight excluding hydrogens is 286 g/mol. The Morgan fingerprint density at radius 1 is 1.15 bits per heavy atom. The first-order valence-corrected chi connectivity index (χ1v) is 6.11. The van der Waals surface area contributed by atoms with Crippen molar-refractivity contribution in [2.24, 2.45) is 5.73 Å². The van der Waals surface area contributed by atoms with Crippen LogP contribution < -0.4 is 11.1 Å². The number of rotatable bonds is 4. The quantitative estimate of drug-likeness (QED) is 0.909. The minimum atomic E-state index is -0.654. The van der Waals surface area contributed by atoms with Crippen molar-refractivity contribution in [3.05, 3.63) is 64.2 Å². The monoisotopic (exact) mass is 296 g/mol. The van der Waals surface area contributed by atoms with Crippen LogP contribution in [0.15, 0.2) is 36.4 Å². The first kappa shape index (κ1) is 14.3. The van der Waals surface area contributed by atoms with E-state index in [1.807, 2.05) is 0 Å². The maximum Gasteiger partial charge on any atom is 0.248 e. The second-order valence-electron chi connectivity index (χ2n) is 4.19. The number of nitrogens with one attached hydrogen (secondary N) is 1. The predicted octanol–water partition coefficient (Wildman–Crippen LogP) is 3.33. The van der Waals surface area contributed by atoms with E-state index in [0.29, 0.717) is 21.8 Å². The van der Waals surface area contributed by atoms with Crippen LogP contribution in [0.3, 0.4) is 0 Å². The summed E-state index contributed by atoms with van der Waals surface area (Å²) in [7, 11) is 0. The third-order valence-electron chi connectivity index (χ3n) is 2.66. The lowest BCUT2D eigenvalue weighted by molar-refractivity contribution is 0.100. The summed E-state index contributed by atoms with van der Waals surface area (Å²) in [6, 6.07) is 7.72. The van der Waals surface area contributed by atoms with Crippen molar-refractivity contribution in [1.82, 2.24) is 0 Å². The van der Waals surface area contributed by atoms with Crippen molar-refractivity contribution >= 4 is 23.2 Å². The first-order valence-electron chi connectivity index (χ1n) is 5.74. The van der Waals surface area contributed by atoms with Crippen molar-refractivity contribution in [3.63, 3.8) is 0 Å². The van der Waals surface area contributed by atoms with Crippen molar-refractivity contribution < 1.29 is 13.6 Å². The number of hydrogen-bond acceptors (Lipinski definition) is 2. The maximum atomic E-state index is 13.0. The number of carbonyl (C=O) groups excluding carboxylic acids is 1. The Bertz CT molecular complexity index is 641. The van der Waals surface area contributed by atoms with Crippen LogP contribution in [0.1, 0.15) is 15.9 Å². The fourth-order valence-corrected chi connectivity index (χ4v) is 1.91. The van der Waals surface area contributed by atoms with Crippen molar-refractivity contribution in [2.45, 2.75) is 6.54 Å². The SMILES string of the molecule is NC(=O)c1ccc(Cl)c(NCc2cc(F)cc(F)c2)c1. The van der Waals surface area contributed by atoms with E-state index in [2.05, 4.69) is 5.32 Å². The highest BCUT2D eigenvalue weighted by molar-refractivity contribution is 6.33. The Labute approximate surface area is 119 Å². The highest BCUT2D eigenvalue weighted by Gasteiger charge is 2.06. The molecule has 6 heteroatoms. The van der Waals surface area contributed by atoms with Crippen LogP contribution in [-0.4, -0.2) is 5.91 Å². The third-order valence-corrected chi connectivity index (χ3v) is 2.99. The zero-order chi connectivity index (χ0) is 14.7. The molecule has 2 rings (SSSR count). The molecule has 0 atom stereocenters. The van der Waals surface area contributed by atoms with Crippen LogP contribution >= 0.6 is 11.6 Å². The van der Waals surface area contributed by atoms with Gasteiger partial charge >= 0.3 is 0 Å². The summed E-state index contributed by atoms with van der Waals surface area (Å²) in [6.45, 7) is 0.163. The van der Waals surface area contributed by atoms with Gasteiger partial charge in [0, 0.05) is 18.2 Å². The molecule has 0 fully saturated rings. The molecule has 0 saturated heterocycles. The number of carbonyl (C=O) groups is 1. The Kier molecular flexibility index (Phi) is 4.20. The molecular formula is C14H11ClF2N2O. The van der Waals surface area contributed by atoms with E-state index < -0.39 is 17.5 Å². The number of hydrogen-bond donors (Lipinski definition) is 2. The average molecular weight is 297 g/mol. The molecule has 0 aliphatic rings. The normalized spacial score (nSPS) is 10.3. The van der Waals surface area contributed by atoms with Gasteiger partial charge in [-0.25, -0.2) is 8.78 Å². The molecule has 3 N–H and O–H groups in total. The van der Waals surface area contributed by atoms with E-state index in [0.717, 1.165) is 6.07 Å². The second kappa shape index (κ2) is 5.88. The second-order valence-corrected chi connectivity index (χ2v) is 4.60. The van der Waals surface area contributed by atoms with Gasteiger partial charge in [-0.3, -0.25) is 4.79 Å². The van der Waals surface area contributed by atoms with Gasteiger partial charge in [0.2, 0.25) is 5.91 Å². The minimum Gasteiger partial charge on any atom is -0.380 e. The third kappa shape index (κ3) is 3.45. The van der Waals surface area contributed by atoms with Crippen LogP contribution in [0.4, 0.5) is 14.5 Å². The number of amides is 1. The van der Waals surface area contributed by atoms with Gasteiger partial charge in [0.05, 0.1) is 10.7 Å². The van der Waals surface area contributed by atoms with E-state index in [-0.39, 0.29) is 6.54 Å². The van der Waals surface area contributed by atoms with Crippen molar-refractivity contribution in [2.75, 3.05) is 5.32 Å². The standard InChI is InChI=1S/C14H11ClF2N2O/c15-12-2-1-9(14(18)20)5-13(12)19-7-8-3-10(16)6-11(17)4-8/h1-6,19H,7H2,(H2,18,20). The molecule has 2 aromatic rings. The van der Waals surface area contributed by atoms with Gasteiger partial charge in [-0.2, -0.15) is 0 Å². The summed E-state index contributed by atoms with van der Waals surface area (Å²) in [5.41, 5.74) is 6.35. The summed E-state index contributed by atoms with van der Waals surface area (Å²) < 4.78 is 26.1. The number of anilines is 1. The van der Waals surface area contributed by atoms with Gasteiger partial charge in [-0.05, 0) is 35.9 Å². The molecule has 104 valence electrons. The van der Waals surface area contributed by atoms with Gasteiger partial charge in [0.1, 0.15) is 11.6 Å². The van der Waals surface area contributed by atoms with Crippen LogP contribution in [0.5, 0.6) is 0 Å². The van der Waals surface area contributed by atoms with Gasteiger partial charge in [-0.15, -0.1) is 0 Å². The Morgan fingerprint density at radius 2 is 1.80 bits per heavy atom. The van der Waals surface area contributed by atoms with Crippen LogP contribution in [-0.2, 0) is 6.54 Å².